The van der Waals surface area contributed by atoms with Gasteiger partial charge in [0.1, 0.15) is 11.6 Å². The number of rotatable bonds is 5. The van der Waals surface area contributed by atoms with Gasteiger partial charge in [-0.3, -0.25) is 10.1 Å². The van der Waals surface area contributed by atoms with Crippen LogP contribution in [0.2, 0.25) is 0 Å². The van der Waals surface area contributed by atoms with E-state index in [9.17, 15) is 10.1 Å². The summed E-state index contributed by atoms with van der Waals surface area (Å²) in [5.74, 6) is 1.05. The van der Waals surface area contributed by atoms with Gasteiger partial charge in [0.2, 0.25) is 0 Å². The van der Waals surface area contributed by atoms with Gasteiger partial charge in [0, 0.05) is 12.6 Å². The van der Waals surface area contributed by atoms with E-state index in [0.29, 0.717) is 18.1 Å². The van der Waals surface area contributed by atoms with Gasteiger partial charge in [0.05, 0.1) is 4.92 Å². The van der Waals surface area contributed by atoms with Crippen molar-refractivity contribution in [2.75, 3.05) is 11.9 Å². The molecular weight excluding hydrogens is 258 g/mol. The Bertz CT molecular complexity index is 629. The van der Waals surface area contributed by atoms with E-state index in [1.54, 1.807) is 18.2 Å². The molecule has 6 nitrogen and oxygen atoms in total. The normalized spacial score (nSPS) is 10.1. The molecule has 0 saturated heterocycles. The molecule has 0 saturated carbocycles. The fraction of sp³-hybridized carbons (Fsp3) is 0.214. The number of nitro groups is 1. The second kappa shape index (κ2) is 6.01. The van der Waals surface area contributed by atoms with Crippen LogP contribution in [0, 0.1) is 17.0 Å². The first-order valence-electron chi connectivity index (χ1n) is 6.24. The average Bonchev–Trinajstić information content (AvgIpc) is 2.39. The number of benzene rings is 1. The Kier molecular flexibility index (Phi) is 4.14. The van der Waals surface area contributed by atoms with E-state index in [0.717, 1.165) is 5.56 Å². The van der Waals surface area contributed by atoms with Gasteiger partial charge in [0.25, 0.3) is 0 Å². The lowest BCUT2D eigenvalue weighted by atomic mass is 10.2. The largest absolute Gasteiger partial charge is 0.434 e. The summed E-state index contributed by atoms with van der Waals surface area (Å²) in [6.45, 7) is 4.52. The number of aromatic nitrogens is 1. The number of nitrogens with zero attached hydrogens (tertiary/aromatic N) is 2. The van der Waals surface area contributed by atoms with Crippen molar-refractivity contribution in [1.29, 1.82) is 0 Å². The van der Waals surface area contributed by atoms with Crippen LogP contribution in [0.4, 0.5) is 11.5 Å². The Morgan fingerprint density at radius 3 is 2.80 bits per heavy atom. The predicted octanol–water partition coefficient (Wildman–Crippen LogP) is 3.52. The summed E-state index contributed by atoms with van der Waals surface area (Å²) in [6.07, 6.45) is 0. The zero-order chi connectivity index (χ0) is 14.5. The van der Waals surface area contributed by atoms with Gasteiger partial charge in [-0.2, -0.15) is 4.98 Å². The Morgan fingerprint density at radius 2 is 2.15 bits per heavy atom. The maximum absolute atomic E-state index is 11.0. The van der Waals surface area contributed by atoms with Gasteiger partial charge in [-0.05, 0) is 37.6 Å². The maximum Gasteiger partial charge on any atom is 0.331 e. The Labute approximate surface area is 116 Å². The molecule has 1 aromatic heterocycles. The topological polar surface area (TPSA) is 77.3 Å². The standard InChI is InChI=1S/C14H15N3O3/c1-3-15-13-8-7-12(17(18)19)14(16-13)20-11-6-4-5-10(2)9-11/h4-9H,3H2,1-2H3,(H,15,16). The van der Waals surface area contributed by atoms with Crippen LogP contribution in [-0.4, -0.2) is 16.5 Å². The molecule has 0 aliphatic heterocycles. The third kappa shape index (κ3) is 3.23. The zero-order valence-electron chi connectivity index (χ0n) is 11.3. The molecule has 0 spiro atoms. The molecule has 104 valence electrons. The number of hydrogen-bond donors (Lipinski definition) is 1. The SMILES string of the molecule is CCNc1ccc([N+](=O)[O-])c(Oc2cccc(C)c2)n1. The monoisotopic (exact) mass is 273 g/mol. The summed E-state index contributed by atoms with van der Waals surface area (Å²) in [7, 11) is 0. The van der Waals surface area contributed by atoms with Crippen LogP contribution in [-0.2, 0) is 0 Å². The number of hydrogen-bond acceptors (Lipinski definition) is 5. The number of anilines is 1. The fourth-order valence-corrected chi connectivity index (χ4v) is 1.72. The number of aryl methyl sites for hydroxylation is 1. The smallest absolute Gasteiger partial charge is 0.331 e. The van der Waals surface area contributed by atoms with E-state index in [4.69, 9.17) is 4.74 Å². The Hall–Kier alpha value is -2.63. The first kappa shape index (κ1) is 13.8. The Balaban J connectivity index is 2.36. The molecule has 1 heterocycles. The molecule has 0 unspecified atom stereocenters. The van der Waals surface area contributed by atoms with Crippen LogP contribution in [0.15, 0.2) is 36.4 Å². The van der Waals surface area contributed by atoms with Gasteiger partial charge in [-0.15, -0.1) is 0 Å². The van der Waals surface area contributed by atoms with Crippen molar-refractivity contribution in [2.24, 2.45) is 0 Å². The second-order valence-electron chi connectivity index (χ2n) is 4.23. The molecule has 6 heteroatoms. The van der Waals surface area contributed by atoms with Crippen LogP contribution in [0.3, 0.4) is 0 Å². The fourth-order valence-electron chi connectivity index (χ4n) is 1.72. The van der Waals surface area contributed by atoms with Crippen LogP contribution < -0.4 is 10.1 Å². The van der Waals surface area contributed by atoms with Crippen LogP contribution in [0.5, 0.6) is 11.6 Å². The highest BCUT2D eigenvalue weighted by Gasteiger charge is 2.18. The quantitative estimate of drug-likeness (QED) is 0.666. The molecule has 0 amide bonds. The minimum atomic E-state index is -0.506. The predicted molar refractivity (Wildman–Crippen MR) is 76.3 cm³/mol. The summed E-state index contributed by atoms with van der Waals surface area (Å²) in [4.78, 5) is 14.6. The summed E-state index contributed by atoms with van der Waals surface area (Å²) < 4.78 is 5.55. The lowest BCUT2D eigenvalue weighted by Gasteiger charge is -2.08. The van der Waals surface area contributed by atoms with Gasteiger partial charge in [-0.1, -0.05) is 12.1 Å². The lowest BCUT2D eigenvalue weighted by molar-refractivity contribution is -0.386. The summed E-state index contributed by atoms with van der Waals surface area (Å²) >= 11 is 0. The van der Waals surface area contributed by atoms with E-state index in [2.05, 4.69) is 10.3 Å². The van der Waals surface area contributed by atoms with E-state index < -0.39 is 4.92 Å². The molecule has 0 aliphatic carbocycles. The minimum absolute atomic E-state index is 0.0148. The summed E-state index contributed by atoms with van der Waals surface area (Å²) in [5.41, 5.74) is 0.848. The molecule has 0 atom stereocenters. The van der Waals surface area contributed by atoms with Gasteiger partial charge < -0.3 is 10.1 Å². The Morgan fingerprint density at radius 1 is 1.35 bits per heavy atom. The van der Waals surface area contributed by atoms with Crippen molar-refractivity contribution in [2.45, 2.75) is 13.8 Å². The molecule has 2 rings (SSSR count). The van der Waals surface area contributed by atoms with Crippen LogP contribution in [0.1, 0.15) is 12.5 Å². The van der Waals surface area contributed by atoms with Crippen molar-refractivity contribution in [3.05, 3.63) is 52.1 Å². The van der Waals surface area contributed by atoms with Crippen molar-refractivity contribution >= 4 is 11.5 Å². The van der Waals surface area contributed by atoms with Crippen LogP contribution >= 0.6 is 0 Å². The van der Waals surface area contributed by atoms with Crippen molar-refractivity contribution in [3.8, 4) is 11.6 Å². The number of nitrogens with one attached hydrogen (secondary N) is 1. The van der Waals surface area contributed by atoms with Gasteiger partial charge in [-0.25, -0.2) is 0 Å². The van der Waals surface area contributed by atoms with Gasteiger partial charge >= 0.3 is 11.6 Å². The second-order valence-corrected chi connectivity index (χ2v) is 4.23. The molecule has 0 bridgehead atoms. The van der Waals surface area contributed by atoms with Crippen molar-refractivity contribution in [1.82, 2.24) is 4.98 Å². The number of ether oxygens (including phenoxy) is 1. The highest BCUT2D eigenvalue weighted by molar-refractivity contribution is 5.50. The maximum atomic E-state index is 11.0. The number of pyridine rings is 1. The molecule has 1 N–H and O–H groups in total. The summed E-state index contributed by atoms with van der Waals surface area (Å²) in [5, 5.41) is 14.0. The van der Waals surface area contributed by atoms with Crippen molar-refractivity contribution in [3.63, 3.8) is 0 Å². The molecule has 1 aromatic carbocycles. The van der Waals surface area contributed by atoms with Gasteiger partial charge in [0.15, 0.2) is 0 Å². The summed E-state index contributed by atoms with van der Waals surface area (Å²) in [6, 6.07) is 10.2. The van der Waals surface area contributed by atoms with Crippen LogP contribution in [0.25, 0.3) is 0 Å². The molecule has 0 aliphatic rings. The first-order valence-corrected chi connectivity index (χ1v) is 6.24. The first-order chi connectivity index (χ1) is 9.60. The molecule has 20 heavy (non-hydrogen) atoms. The van der Waals surface area contributed by atoms with Crippen molar-refractivity contribution < 1.29 is 9.66 Å². The minimum Gasteiger partial charge on any atom is -0.434 e. The highest BCUT2D eigenvalue weighted by Crippen LogP contribution is 2.30. The van der Waals surface area contributed by atoms with E-state index in [1.807, 2.05) is 26.0 Å². The van der Waals surface area contributed by atoms with E-state index >= 15 is 0 Å². The third-order valence-corrected chi connectivity index (χ3v) is 2.60. The van der Waals surface area contributed by atoms with E-state index in [1.165, 1.54) is 6.07 Å². The molecular formula is C14H15N3O3. The zero-order valence-corrected chi connectivity index (χ0v) is 11.3. The molecule has 2 aromatic rings. The lowest BCUT2D eigenvalue weighted by Crippen LogP contribution is -2.02. The molecule has 0 radical (unpaired) electrons. The third-order valence-electron chi connectivity index (χ3n) is 2.60. The van der Waals surface area contributed by atoms with E-state index in [-0.39, 0.29) is 11.6 Å². The average molecular weight is 273 g/mol. The molecule has 0 fully saturated rings. The highest BCUT2D eigenvalue weighted by atomic mass is 16.6.